The predicted octanol–water partition coefficient (Wildman–Crippen LogP) is 3.66. The van der Waals surface area contributed by atoms with Crippen molar-refractivity contribution in [3.05, 3.63) is 24.0 Å². The molecule has 0 unspecified atom stereocenters. The average Bonchev–Trinajstić information content (AvgIpc) is 2.42. The van der Waals surface area contributed by atoms with Crippen molar-refractivity contribution in [3.63, 3.8) is 0 Å². The van der Waals surface area contributed by atoms with Gasteiger partial charge in [-0.3, -0.25) is 4.98 Å². The van der Waals surface area contributed by atoms with Crippen LogP contribution in [0.3, 0.4) is 0 Å². The van der Waals surface area contributed by atoms with Crippen molar-refractivity contribution in [1.82, 2.24) is 4.98 Å². The lowest BCUT2D eigenvalue weighted by atomic mass is 10.1. The van der Waals surface area contributed by atoms with Gasteiger partial charge in [-0.05, 0) is 37.8 Å². The molecule has 2 heteroatoms. The molecule has 1 fully saturated rings. The van der Waals surface area contributed by atoms with Crippen molar-refractivity contribution < 1.29 is 0 Å². The summed E-state index contributed by atoms with van der Waals surface area (Å²) in [5, 5.41) is 0. The molecule has 2 heterocycles. The molecule has 16 heavy (non-hydrogen) atoms. The monoisotopic (exact) mass is 220 g/mol. The van der Waals surface area contributed by atoms with Crippen LogP contribution >= 0.6 is 0 Å². The molecular formula is C14H24N2. The van der Waals surface area contributed by atoms with Gasteiger partial charge in [0.05, 0.1) is 11.9 Å². The van der Waals surface area contributed by atoms with Gasteiger partial charge >= 0.3 is 0 Å². The second kappa shape index (κ2) is 7.26. The summed E-state index contributed by atoms with van der Waals surface area (Å²) < 4.78 is 0. The highest BCUT2D eigenvalue weighted by molar-refractivity contribution is 5.44. The highest BCUT2D eigenvalue weighted by Crippen LogP contribution is 2.18. The van der Waals surface area contributed by atoms with Gasteiger partial charge in [0.15, 0.2) is 0 Å². The van der Waals surface area contributed by atoms with Gasteiger partial charge in [-0.25, -0.2) is 0 Å². The van der Waals surface area contributed by atoms with Gasteiger partial charge in [0.1, 0.15) is 0 Å². The van der Waals surface area contributed by atoms with Gasteiger partial charge in [-0.15, -0.1) is 0 Å². The van der Waals surface area contributed by atoms with Crippen molar-refractivity contribution in [3.8, 4) is 0 Å². The van der Waals surface area contributed by atoms with E-state index in [0.717, 1.165) is 6.42 Å². The number of aryl methyl sites for hydroxylation is 1. The van der Waals surface area contributed by atoms with E-state index in [1.165, 1.54) is 43.7 Å². The van der Waals surface area contributed by atoms with E-state index >= 15 is 0 Å². The third kappa shape index (κ3) is 3.51. The Morgan fingerprint density at radius 2 is 1.81 bits per heavy atom. The van der Waals surface area contributed by atoms with E-state index in [1.54, 1.807) is 0 Å². The van der Waals surface area contributed by atoms with Crippen LogP contribution in [0.25, 0.3) is 0 Å². The number of anilines is 1. The number of piperidine rings is 1. The first-order valence-corrected chi connectivity index (χ1v) is 6.60. The lowest BCUT2D eigenvalue weighted by molar-refractivity contribution is 0.577. The van der Waals surface area contributed by atoms with Crippen molar-refractivity contribution in [1.29, 1.82) is 0 Å². The molecule has 0 aromatic carbocycles. The standard InChI is InChI=1S/C12H18N2.C2H6/c1-2-11-6-7-12(10-13-11)14-8-4-3-5-9-14;1-2/h6-7,10H,2-5,8-9H2,1H3;1-2H3. The number of pyridine rings is 1. The molecule has 1 saturated heterocycles. The summed E-state index contributed by atoms with van der Waals surface area (Å²) >= 11 is 0. The maximum atomic E-state index is 4.43. The topological polar surface area (TPSA) is 16.1 Å². The summed E-state index contributed by atoms with van der Waals surface area (Å²) in [5.74, 6) is 0. The van der Waals surface area contributed by atoms with Gasteiger partial charge in [0.25, 0.3) is 0 Å². The Hall–Kier alpha value is -1.05. The van der Waals surface area contributed by atoms with Crippen LogP contribution in [0.1, 0.15) is 45.7 Å². The largest absolute Gasteiger partial charge is 0.370 e. The third-order valence-electron chi connectivity index (χ3n) is 2.89. The van der Waals surface area contributed by atoms with Crippen LogP contribution in [0, 0.1) is 0 Å². The molecular weight excluding hydrogens is 196 g/mol. The minimum atomic E-state index is 1.03. The average molecular weight is 220 g/mol. The van der Waals surface area contributed by atoms with Crippen LogP contribution in [0.2, 0.25) is 0 Å². The molecule has 1 aliphatic rings. The number of nitrogens with zero attached hydrogens (tertiary/aromatic N) is 2. The molecule has 1 aromatic heterocycles. The minimum absolute atomic E-state index is 1.03. The number of hydrogen-bond donors (Lipinski definition) is 0. The van der Waals surface area contributed by atoms with Crippen molar-refractivity contribution in [2.24, 2.45) is 0 Å². The molecule has 0 bridgehead atoms. The summed E-state index contributed by atoms with van der Waals surface area (Å²) in [6, 6.07) is 4.35. The maximum absolute atomic E-state index is 4.43. The second-order valence-electron chi connectivity index (χ2n) is 3.91. The highest BCUT2D eigenvalue weighted by atomic mass is 15.1. The van der Waals surface area contributed by atoms with Crippen LogP contribution in [0.15, 0.2) is 18.3 Å². The zero-order valence-corrected chi connectivity index (χ0v) is 10.9. The van der Waals surface area contributed by atoms with Crippen molar-refractivity contribution in [2.45, 2.75) is 46.5 Å². The van der Waals surface area contributed by atoms with Gasteiger partial charge in [0.2, 0.25) is 0 Å². The van der Waals surface area contributed by atoms with E-state index in [-0.39, 0.29) is 0 Å². The van der Waals surface area contributed by atoms with Crippen molar-refractivity contribution in [2.75, 3.05) is 18.0 Å². The molecule has 0 N–H and O–H groups in total. The molecule has 90 valence electrons. The zero-order chi connectivity index (χ0) is 11.8. The quantitative estimate of drug-likeness (QED) is 0.756. The fourth-order valence-corrected chi connectivity index (χ4v) is 1.96. The number of hydrogen-bond acceptors (Lipinski definition) is 2. The summed E-state index contributed by atoms with van der Waals surface area (Å²) in [7, 11) is 0. The van der Waals surface area contributed by atoms with E-state index in [0.29, 0.717) is 0 Å². The minimum Gasteiger partial charge on any atom is -0.370 e. The Bertz CT molecular complexity index is 273. The smallest absolute Gasteiger partial charge is 0.0552 e. The fraction of sp³-hybridized carbons (Fsp3) is 0.643. The summed E-state index contributed by atoms with van der Waals surface area (Å²) in [6.07, 6.45) is 7.09. The Kier molecular flexibility index (Phi) is 5.91. The Labute approximate surface area is 99.7 Å². The summed E-state index contributed by atoms with van der Waals surface area (Å²) in [6.45, 7) is 8.54. The summed E-state index contributed by atoms with van der Waals surface area (Å²) in [4.78, 5) is 6.87. The van der Waals surface area contributed by atoms with Gasteiger partial charge in [-0.2, -0.15) is 0 Å². The molecule has 2 rings (SSSR count). The van der Waals surface area contributed by atoms with Crippen LogP contribution in [-0.4, -0.2) is 18.1 Å². The molecule has 2 nitrogen and oxygen atoms in total. The van der Waals surface area contributed by atoms with Crippen molar-refractivity contribution >= 4 is 5.69 Å². The van der Waals surface area contributed by atoms with E-state index in [1.807, 2.05) is 20.0 Å². The van der Waals surface area contributed by atoms with E-state index in [9.17, 15) is 0 Å². The normalized spacial score (nSPS) is 15.3. The van der Waals surface area contributed by atoms with E-state index < -0.39 is 0 Å². The lowest BCUT2D eigenvalue weighted by Crippen LogP contribution is -2.29. The molecule has 0 radical (unpaired) electrons. The molecule has 0 spiro atoms. The molecule has 0 saturated carbocycles. The molecule has 0 atom stereocenters. The van der Waals surface area contributed by atoms with E-state index in [2.05, 4.69) is 28.9 Å². The SMILES string of the molecule is CC.CCc1ccc(N2CCCCC2)cn1. The first kappa shape index (κ1) is 13.0. The number of rotatable bonds is 2. The van der Waals surface area contributed by atoms with Crippen LogP contribution in [0.4, 0.5) is 5.69 Å². The van der Waals surface area contributed by atoms with E-state index in [4.69, 9.17) is 0 Å². The highest BCUT2D eigenvalue weighted by Gasteiger charge is 2.10. The Balaban J connectivity index is 0.000000606. The molecule has 0 aliphatic carbocycles. The van der Waals surface area contributed by atoms with Crippen LogP contribution < -0.4 is 4.90 Å². The fourth-order valence-electron chi connectivity index (χ4n) is 1.96. The molecule has 1 aromatic rings. The lowest BCUT2D eigenvalue weighted by Gasteiger charge is -2.28. The number of aromatic nitrogens is 1. The Morgan fingerprint density at radius 3 is 2.31 bits per heavy atom. The molecule has 1 aliphatic heterocycles. The second-order valence-corrected chi connectivity index (χ2v) is 3.91. The Morgan fingerprint density at radius 1 is 1.12 bits per heavy atom. The third-order valence-corrected chi connectivity index (χ3v) is 2.89. The van der Waals surface area contributed by atoms with Crippen LogP contribution in [0.5, 0.6) is 0 Å². The summed E-state index contributed by atoms with van der Waals surface area (Å²) in [5.41, 5.74) is 2.48. The first-order chi connectivity index (χ1) is 7.90. The predicted molar refractivity (Wildman–Crippen MR) is 71.0 cm³/mol. The van der Waals surface area contributed by atoms with Gasteiger partial charge < -0.3 is 4.90 Å². The van der Waals surface area contributed by atoms with Gasteiger partial charge in [-0.1, -0.05) is 20.8 Å². The maximum Gasteiger partial charge on any atom is 0.0552 e. The van der Waals surface area contributed by atoms with Gasteiger partial charge in [0, 0.05) is 18.8 Å². The zero-order valence-electron chi connectivity index (χ0n) is 10.9. The van der Waals surface area contributed by atoms with Crippen LogP contribution in [-0.2, 0) is 6.42 Å². The first-order valence-electron chi connectivity index (χ1n) is 6.60. The molecule has 0 amide bonds.